The molecule has 1 aromatic heterocycles. The Labute approximate surface area is 123 Å². The average Bonchev–Trinajstić information content (AvgIpc) is 2.97. The Kier molecular flexibility index (Phi) is 4.92. The first-order chi connectivity index (χ1) is 10.1. The molecule has 0 atom stereocenters. The average molecular weight is 289 g/mol. The molecule has 5 nitrogen and oxygen atoms in total. The molecule has 0 aliphatic heterocycles. The number of rotatable bonds is 4. The fourth-order valence-corrected chi connectivity index (χ4v) is 1.93. The lowest BCUT2D eigenvalue weighted by atomic mass is 10.2. The summed E-state index contributed by atoms with van der Waals surface area (Å²) < 4.78 is 15.8. The molecule has 0 aliphatic carbocycles. The normalized spacial score (nSPS) is 11.8. The van der Waals surface area contributed by atoms with Gasteiger partial charge in [0.25, 0.3) is 0 Å². The van der Waals surface area contributed by atoms with Crippen LogP contribution < -0.4 is 10.6 Å². The molecule has 0 saturated heterocycles. The summed E-state index contributed by atoms with van der Waals surface area (Å²) in [5.41, 5.74) is 1.34. The van der Waals surface area contributed by atoms with Crippen molar-refractivity contribution in [2.24, 2.45) is 4.99 Å². The van der Waals surface area contributed by atoms with Crippen LogP contribution in [0.2, 0.25) is 0 Å². The maximum atomic E-state index is 14.1. The molecule has 1 heterocycles. The zero-order valence-electron chi connectivity index (χ0n) is 12.5. The quantitative estimate of drug-likeness (QED) is 0.669. The Bertz CT molecular complexity index is 605. The number of nitrogens with zero attached hydrogens (tertiary/aromatic N) is 3. The largest absolute Gasteiger partial charge is 0.354 e. The number of hydrogen-bond donors (Lipinski definition) is 2. The number of benzene rings is 1. The van der Waals surface area contributed by atoms with Crippen LogP contribution in [-0.2, 0) is 6.54 Å². The van der Waals surface area contributed by atoms with Crippen molar-refractivity contribution in [3.05, 3.63) is 48.3 Å². The lowest BCUT2D eigenvalue weighted by Crippen LogP contribution is -2.40. The molecule has 0 saturated carbocycles. The predicted molar refractivity (Wildman–Crippen MR) is 82.0 cm³/mol. The molecule has 0 unspecified atom stereocenters. The molecule has 0 aliphatic rings. The highest BCUT2D eigenvalue weighted by Gasteiger charge is 2.06. The maximum absolute atomic E-state index is 14.1. The standard InChI is InChI=1S/C15H20FN5/c1-11(2)20-15(17-3)19-9-12-4-5-14(13(16)8-12)21-7-6-18-10-21/h4-8,10-11H,9H2,1-3H3,(H2,17,19,20). The van der Waals surface area contributed by atoms with Crippen molar-refractivity contribution < 1.29 is 4.39 Å². The van der Waals surface area contributed by atoms with Crippen LogP contribution in [0.4, 0.5) is 4.39 Å². The number of halogens is 1. The summed E-state index contributed by atoms with van der Waals surface area (Å²) in [6, 6.07) is 5.43. The maximum Gasteiger partial charge on any atom is 0.191 e. The lowest BCUT2D eigenvalue weighted by molar-refractivity contribution is 0.614. The number of aromatic nitrogens is 2. The number of imidazole rings is 1. The summed E-state index contributed by atoms with van der Waals surface area (Å²) in [5.74, 6) is 0.420. The van der Waals surface area contributed by atoms with Gasteiger partial charge >= 0.3 is 0 Å². The smallest absolute Gasteiger partial charge is 0.191 e. The molecule has 0 amide bonds. The van der Waals surface area contributed by atoms with E-state index in [-0.39, 0.29) is 11.9 Å². The highest BCUT2D eigenvalue weighted by Crippen LogP contribution is 2.14. The highest BCUT2D eigenvalue weighted by atomic mass is 19.1. The van der Waals surface area contributed by atoms with Gasteiger partial charge in [0.05, 0.1) is 12.0 Å². The van der Waals surface area contributed by atoms with Crippen LogP contribution in [-0.4, -0.2) is 28.6 Å². The summed E-state index contributed by atoms with van der Waals surface area (Å²) in [5, 5.41) is 6.33. The van der Waals surface area contributed by atoms with Crippen LogP contribution in [0, 0.1) is 5.82 Å². The molecule has 0 spiro atoms. The van der Waals surface area contributed by atoms with E-state index in [1.165, 1.54) is 6.07 Å². The van der Waals surface area contributed by atoms with Gasteiger partial charge in [-0.15, -0.1) is 0 Å². The van der Waals surface area contributed by atoms with Gasteiger partial charge in [-0.25, -0.2) is 9.37 Å². The van der Waals surface area contributed by atoms with E-state index >= 15 is 0 Å². The number of hydrogen-bond acceptors (Lipinski definition) is 2. The number of nitrogens with one attached hydrogen (secondary N) is 2. The molecular formula is C15H20FN5. The minimum absolute atomic E-state index is 0.279. The molecule has 2 aromatic rings. The third-order valence-electron chi connectivity index (χ3n) is 2.90. The molecule has 6 heteroatoms. The second-order valence-electron chi connectivity index (χ2n) is 4.98. The minimum Gasteiger partial charge on any atom is -0.354 e. The van der Waals surface area contributed by atoms with Crippen LogP contribution in [0.5, 0.6) is 0 Å². The van der Waals surface area contributed by atoms with Crippen LogP contribution in [0.3, 0.4) is 0 Å². The van der Waals surface area contributed by atoms with Gasteiger partial charge in [0.15, 0.2) is 5.96 Å². The van der Waals surface area contributed by atoms with Crippen molar-refractivity contribution in [2.45, 2.75) is 26.4 Å². The van der Waals surface area contributed by atoms with Crippen molar-refractivity contribution in [3.63, 3.8) is 0 Å². The Morgan fingerprint density at radius 2 is 2.24 bits per heavy atom. The lowest BCUT2D eigenvalue weighted by Gasteiger charge is -2.14. The van der Waals surface area contributed by atoms with Gasteiger partial charge < -0.3 is 15.2 Å². The fraction of sp³-hybridized carbons (Fsp3) is 0.333. The summed E-state index contributed by atoms with van der Waals surface area (Å²) in [6.07, 6.45) is 4.91. The topological polar surface area (TPSA) is 54.2 Å². The molecule has 21 heavy (non-hydrogen) atoms. The van der Waals surface area contributed by atoms with Crippen LogP contribution in [0.1, 0.15) is 19.4 Å². The summed E-state index contributed by atoms with van der Waals surface area (Å²) in [4.78, 5) is 8.03. The third-order valence-corrected chi connectivity index (χ3v) is 2.90. The summed E-state index contributed by atoms with van der Waals surface area (Å²) in [6.45, 7) is 4.58. The van der Waals surface area contributed by atoms with E-state index < -0.39 is 0 Å². The van der Waals surface area contributed by atoms with Gasteiger partial charge in [0.1, 0.15) is 5.82 Å². The number of guanidine groups is 1. The van der Waals surface area contributed by atoms with Crippen LogP contribution in [0.15, 0.2) is 41.9 Å². The third kappa shape index (κ3) is 4.05. The fourth-order valence-electron chi connectivity index (χ4n) is 1.93. The first kappa shape index (κ1) is 15.0. The van der Waals surface area contributed by atoms with Crippen molar-refractivity contribution in [2.75, 3.05) is 7.05 Å². The molecule has 0 fully saturated rings. The van der Waals surface area contributed by atoms with E-state index in [9.17, 15) is 4.39 Å². The first-order valence-corrected chi connectivity index (χ1v) is 6.84. The van der Waals surface area contributed by atoms with Gasteiger partial charge in [0.2, 0.25) is 0 Å². The molecule has 0 bridgehead atoms. The van der Waals surface area contributed by atoms with Crippen molar-refractivity contribution in [1.82, 2.24) is 20.2 Å². The molecule has 2 rings (SSSR count). The first-order valence-electron chi connectivity index (χ1n) is 6.84. The van der Waals surface area contributed by atoms with E-state index in [1.807, 2.05) is 19.9 Å². The van der Waals surface area contributed by atoms with E-state index in [0.29, 0.717) is 18.2 Å². The Balaban J connectivity index is 2.04. The SMILES string of the molecule is CN=C(NCc1ccc(-n2ccnc2)c(F)c1)NC(C)C. The van der Waals surface area contributed by atoms with Gasteiger partial charge in [-0.05, 0) is 31.5 Å². The predicted octanol–water partition coefficient (Wildman–Crippen LogP) is 2.08. The number of aliphatic imine (C=N–C) groups is 1. The summed E-state index contributed by atoms with van der Waals surface area (Å²) in [7, 11) is 1.71. The van der Waals surface area contributed by atoms with Gasteiger partial charge in [0, 0.05) is 32.0 Å². The van der Waals surface area contributed by atoms with Crippen molar-refractivity contribution in [3.8, 4) is 5.69 Å². The van der Waals surface area contributed by atoms with Crippen LogP contribution in [0.25, 0.3) is 5.69 Å². The zero-order chi connectivity index (χ0) is 15.2. The zero-order valence-corrected chi connectivity index (χ0v) is 12.5. The van der Waals surface area contributed by atoms with Crippen molar-refractivity contribution in [1.29, 1.82) is 0 Å². The van der Waals surface area contributed by atoms with E-state index in [1.54, 1.807) is 36.4 Å². The monoisotopic (exact) mass is 289 g/mol. The molecular weight excluding hydrogens is 269 g/mol. The van der Waals surface area contributed by atoms with E-state index in [2.05, 4.69) is 20.6 Å². The summed E-state index contributed by atoms with van der Waals surface area (Å²) >= 11 is 0. The van der Waals surface area contributed by atoms with Gasteiger partial charge in [-0.3, -0.25) is 4.99 Å². The highest BCUT2D eigenvalue weighted by molar-refractivity contribution is 5.79. The molecule has 112 valence electrons. The Hall–Kier alpha value is -2.37. The van der Waals surface area contributed by atoms with Gasteiger partial charge in [-0.1, -0.05) is 6.07 Å². The molecule has 1 aromatic carbocycles. The Morgan fingerprint density at radius 1 is 1.43 bits per heavy atom. The van der Waals surface area contributed by atoms with E-state index in [0.717, 1.165) is 5.56 Å². The van der Waals surface area contributed by atoms with Gasteiger partial charge in [-0.2, -0.15) is 0 Å². The second-order valence-corrected chi connectivity index (χ2v) is 4.98. The van der Waals surface area contributed by atoms with Crippen molar-refractivity contribution >= 4 is 5.96 Å². The van der Waals surface area contributed by atoms with Crippen LogP contribution >= 0.6 is 0 Å². The van der Waals surface area contributed by atoms with E-state index in [4.69, 9.17) is 0 Å². The Morgan fingerprint density at radius 3 is 2.81 bits per heavy atom. The minimum atomic E-state index is -0.279. The molecule has 2 N–H and O–H groups in total. The molecule has 0 radical (unpaired) electrons. The second kappa shape index (κ2) is 6.88.